The Morgan fingerprint density at radius 3 is 2.73 bits per heavy atom. The molecule has 2 amide bonds. The summed E-state index contributed by atoms with van der Waals surface area (Å²) >= 11 is 0. The Morgan fingerprint density at radius 1 is 1.27 bits per heavy atom. The Balaban J connectivity index is 1.58. The Kier molecular flexibility index (Phi) is 6.41. The fraction of sp³-hybridized carbons (Fsp3) is 0.292. The topological polar surface area (TPSA) is 125 Å². The Labute approximate surface area is 190 Å². The van der Waals surface area contributed by atoms with Gasteiger partial charge in [-0.1, -0.05) is 30.3 Å². The highest BCUT2D eigenvalue weighted by Crippen LogP contribution is 2.32. The van der Waals surface area contributed by atoms with Crippen molar-refractivity contribution in [3.8, 4) is 11.3 Å². The number of nitrogen functional groups attached to an aromatic ring is 1. The van der Waals surface area contributed by atoms with Gasteiger partial charge >= 0.3 is 0 Å². The molecule has 0 saturated carbocycles. The second kappa shape index (κ2) is 9.41. The van der Waals surface area contributed by atoms with Crippen molar-refractivity contribution in [3.05, 3.63) is 70.5 Å². The summed E-state index contributed by atoms with van der Waals surface area (Å²) in [6.45, 7) is 2.94. The SMILES string of the molecule is Cc1ccccc1C(=O)NCc1ccc(-c2nn(C3CCCOC3)c(N)c2C(N)=O)cc1F. The number of benzene rings is 2. The van der Waals surface area contributed by atoms with Gasteiger partial charge in [0.25, 0.3) is 11.8 Å². The summed E-state index contributed by atoms with van der Waals surface area (Å²) in [4.78, 5) is 24.5. The number of nitrogens with one attached hydrogen (secondary N) is 1. The number of anilines is 1. The van der Waals surface area contributed by atoms with Gasteiger partial charge in [0, 0.05) is 29.8 Å². The fourth-order valence-corrected chi connectivity index (χ4v) is 4.02. The summed E-state index contributed by atoms with van der Waals surface area (Å²) in [6.07, 6.45) is 1.65. The molecule has 0 radical (unpaired) electrons. The number of amides is 2. The van der Waals surface area contributed by atoms with E-state index in [9.17, 15) is 14.0 Å². The van der Waals surface area contributed by atoms with Crippen LogP contribution in [-0.2, 0) is 11.3 Å². The van der Waals surface area contributed by atoms with Crippen molar-refractivity contribution in [3.63, 3.8) is 0 Å². The van der Waals surface area contributed by atoms with E-state index in [1.165, 1.54) is 6.07 Å². The predicted molar refractivity (Wildman–Crippen MR) is 122 cm³/mol. The molecule has 4 rings (SSSR count). The van der Waals surface area contributed by atoms with Gasteiger partial charge in [0.05, 0.1) is 12.6 Å². The average Bonchev–Trinajstić information content (AvgIpc) is 3.16. The third-order valence-corrected chi connectivity index (χ3v) is 5.83. The lowest BCUT2D eigenvalue weighted by atomic mass is 10.0. The largest absolute Gasteiger partial charge is 0.383 e. The van der Waals surface area contributed by atoms with Gasteiger partial charge < -0.3 is 21.5 Å². The summed E-state index contributed by atoms with van der Waals surface area (Å²) in [7, 11) is 0. The van der Waals surface area contributed by atoms with Gasteiger partial charge in [0.1, 0.15) is 22.9 Å². The Hall–Kier alpha value is -3.72. The van der Waals surface area contributed by atoms with E-state index < -0.39 is 11.7 Å². The molecular formula is C24H26FN5O3. The van der Waals surface area contributed by atoms with Crippen molar-refractivity contribution in [1.82, 2.24) is 15.1 Å². The van der Waals surface area contributed by atoms with Gasteiger partial charge in [-0.15, -0.1) is 0 Å². The lowest BCUT2D eigenvalue weighted by Gasteiger charge is -2.23. The van der Waals surface area contributed by atoms with Crippen molar-refractivity contribution in [2.24, 2.45) is 5.73 Å². The van der Waals surface area contributed by atoms with Crippen molar-refractivity contribution >= 4 is 17.6 Å². The highest BCUT2D eigenvalue weighted by Gasteiger charge is 2.27. The summed E-state index contributed by atoms with van der Waals surface area (Å²) in [5.41, 5.74) is 14.1. The minimum atomic E-state index is -0.736. The standard InChI is InChI=1S/C24H26FN5O3/c1-14-5-2-3-7-18(14)24(32)28-12-16-9-8-15(11-19(16)25)21-20(23(27)31)22(26)30(29-21)17-6-4-10-33-13-17/h2-3,5,7-9,11,17H,4,6,10,12-13,26H2,1H3,(H2,27,31)(H,28,32). The molecule has 0 aliphatic carbocycles. The number of nitrogens with zero attached hydrogens (tertiary/aromatic N) is 2. The van der Waals surface area contributed by atoms with E-state index >= 15 is 0 Å². The van der Waals surface area contributed by atoms with E-state index in [4.69, 9.17) is 16.2 Å². The quantitative estimate of drug-likeness (QED) is 0.531. The summed E-state index contributed by atoms with van der Waals surface area (Å²) in [5, 5.41) is 7.23. The Bertz CT molecular complexity index is 1200. The van der Waals surface area contributed by atoms with Crippen LogP contribution in [0.3, 0.4) is 0 Å². The molecule has 2 aromatic carbocycles. The first-order valence-corrected chi connectivity index (χ1v) is 10.7. The zero-order valence-corrected chi connectivity index (χ0v) is 18.3. The van der Waals surface area contributed by atoms with Crippen LogP contribution in [0.25, 0.3) is 11.3 Å². The molecular weight excluding hydrogens is 425 g/mol. The van der Waals surface area contributed by atoms with E-state index in [1.54, 1.807) is 28.9 Å². The third kappa shape index (κ3) is 4.58. The highest BCUT2D eigenvalue weighted by atomic mass is 19.1. The van der Waals surface area contributed by atoms with E-state index in [-0.39, 0.29) is 35.6 Å². The molecule has 1 aliphatic rings. The first-order valence-electron chi connectivity index (χ1n) is 10.7. The zero-order valence-electron chi connectivity index (χ0n) is 18.3. The first-order chi connectivity index (χ1) is 15.9. The van der Waals surface area contributed by atoms with Gasteiger partial charge in [0.15, 0.2) is 0 Å². The van der Waals surface area contributed by atoms with Crippen LogP contribution in [0.1, 0.15) is 50.7 Å². The van der Waals surface area contributed by atoms with Crippen LogP contribution in [-0.4, -0.2) is 34.8 Å². The molecule has 1 atom stereocenters. The van der Waals surface area contributed by atoms with Crippen molar-refractivity contribution < 1.29 is 18.7 Å². The maximum absolute atomic E-state index is 14.9. The van der Waals surface area contributed by atoms with Gasteiger partial charge in [-0.05, 0) is 37.5 Å². The first kappa shape index (κ1) is 22.5. The van der Waals surface area contributed by atoms with Gasteiger partial charge in [0.2, 0.25) is 0 Å². The molecule has 1 unspecified atom stereocenters. The van der Waals surface area contributed by atoms with Crippen LogP contribution >= 0.6 is 0 Å². The fourth-order valence-electron chi connectivity index (χ4n) is 4.02. The lowest BCUT2D eigenvalue weighted by molar-refractivity contribution is 0.0558. The van der Waals surface area contributed by atoms with Crippen LogP contribution in [0.4, 0.5) is 10.2 Å². The zero-order chi connectivity index (χ0) is 23.5. The number of carbonyl (C=O) groups is 2. The number of rotatable bonds is 6. The van der Waals surface area contributed by atoms with Crippen LogP contribution in [0.5, 0.6) is 0 Å². The smallest absolute Gasteiger partial charge is 0.254 e. The van der Waals surface area contributed by atoms with Crippen molar-refractivity contribution in [1.29, 1.82) is 0 Å². The van der Waals surface area contributed by atoms with Crippen molar-refractivity contribution in [2.45, 2.75) is 32.4 Å². The number of aromatic nitrogens is 2. The minimum absolute atomic E-state index is 0.0119. The van der Waals surface area contributed by atoms with Gasteiger partial charge in [-0.3, -0.25) is 9.59 Å². The molecule has 1 fully saturated rings. The minimum Gasteiger partial charge on any atom is -0.383 e. The lowest BCUT2D eigenvalue weighted by Crippen LogP contribution is -2.24. The molecule has 1 saturated heterocycles. The number of hydrogen-bond acceptors (Lipinski definition) is 5. The van der Waals surface area contributed by atoms with E-state index in [0.717, 1.165) is 18.4 Å². The molecule has 5 N–H and O–H groups in total. The second-order valence-electron chi connectivity index (χ2n) is 8.09. The molecule has 33 heavy (non-hydrogen) atoms. The summed E-state index contributed by atoms with van der Waals surface area (Å²) in [6, 6.07) is 11.5. The third-order valence-electron chi connectivity index (χ3n) is 5.83. The van der Waals surface area contributed by atoms with Crippen LogP contribution in [0.15, 0.2) is 42.5 Å². The molecule has 8 nitrogen and oxygen atoms in total. The van der Waals surface area contributed by atoms with E-state index in [2.05, 4.69) is 10.4 Å². The van der Waals surface area contributed by atoms with Gasteiger partial charge in [-0.2, -0.15) is 5.10 Å². The molecule has 2 heterocycles. The summed E-state index contributed by atoms with van der Waals surface area (Å²) < 4.78 is 22.0. The van der Waals surface area contributed by atoms with Crippen LogP contribution < -0.4 is 16.8 Å². The van der Waals surface area contributed by atoms with Crippen molar-refractivity contribution in [2.75, 3.05) is 18.9 Å². The number of ether oxygens (including phenoxy) is 1. The van der Waals surface area contributed by atoms with Gasteiger partial charge in [-0.25, -0.2) is 9.07 Å². The molecule has 1 aromatic heterocycles. The molecule has 3 aromatic rings. The second-order valence-corrected chi connectivity index (χ2v) is 8.09. The molecule has 0 spiro atoms. The number of hydrogen-bond donors (Lipinski definition) is 3. The monoisotopic (exact) mass is 451 g/mol. The predicted octanol–water partition coefficient (Wildman–Crippen LogP) is 2.96. The Morgan fingerprint density at radius 2 is 2.06 bits per heavy atom. The van der Waals surface area contributed by atoms with Crippen LogP contribution in [0, 0.1) is 12.7 Å². The maximum atomic E-state index is 14.9. The van der Waals surface area contributed by atoms with E-state index in [0.29, 0.717) is 29.9 Å². The average molecular weight is 452 g/mol. The number of halogens is 1. The molecule has 9 heteroatoms. The normalized spacial score (nSPS) is 15.9. The molecule has 0 bridgehead atoms. The van der Waals surface area contributed by atoms with E-state index in [1.807, 2.05) is 19.1 Å². The number of primary amides is 1. The maximum Gasteiger partial charge on any atom is 0.254 e. The van der Waals surface area contributed by atoms with Crippen LogP contribution in [0.2, 0.25) is 0 Å². The molecule has 172 valence electrons. The molecule has 1 aliphatic heterocycles. The highest BCUT2D eigenvalue weighted by molar-refractivity contribution is 6.03. The number of aryl methyl sites for hydroxylation is 1. The number of carbonyl (C=O) groups excluding carboxylic acids is 2. The number of nitrogens with two attached hydrogens (primary N) is 2. The summed E-state index contributed by atoms with van der Waals surface area (Å²) in [5.74, 6) is -1.42.